The maximum atomic E-state index is 10.2. The number of aliphatic hydroxyl groups is 1. The molecule has 2 aromatic carbocycles. The smallest absolute Gasteiger partial charge is 0.317 e. The number of para-hydroxylation sites is 2. The lowest BCUT2D eigenvalue weighted by molar-refractivity contribution is 0.106. The molecule has 0 radical (unpaired) electrons. The average molecular weight is 1370 g/mol. The largest absolute Gasteiger partial charge is 0.491 e. The Balaban J connectivity index is -0.000000138. The minimum Gasteiger partial charge on any atom is -0.491 e. The van der Waals surface area contributed by atoms with Gasteiger partial charge in [-0.25, -0.2) is 0 Å². The molecule has 2 aromatic rings. The zero-order valence-corrected chi connectivity index (χ0v) is 59.4. The van der Waals surface area contributed by atoms with Crippen LogP contribution in [-0.2, 0) is 33.5 Å². The Hall–Kier alpha value is -0.608. The maximum absolute atomic E-state index is 10.2. The van der Waals surface area contributed by atoms with Crippen LogP contribution in [0.4, 0.5) is 0 Å². The predicted octanol–water partition coefficient (Wildman–Crippen LogP) is 14.6. The van der Waals surface area contributed by atoms with Crippen LogP contribution in [0.2, 0.25) is 143 Å². The molecule has 9 N–H and O–H groups in total. The molecular weight excluding hydrogens is 1220 g/mol. The summed E-state index contributed by atoms with van der Waals surface area (Å²) in [6.45, 7) is 51.0. The van der Waals surface area contributed by atoms with Gasteiger partial charge < -0.3 is 80.9 Å². The highest BCUT2D eigenvalue weighted by Gasteiger charge is 2.48. The number of benzene rings is 2. The average Bonchev–Trinajstić information content (AvgIpc) is 4.07. The summed E-state index contributed by atoms with van der Waals surface area (Å²) in [4.78, 5) is 0. The third-order valence-corrected chi connectivity index (χ3v) is 41.5. The molecule has 1 saturated heterocycles. The van der Waals surface area contributed by atoms with Crippen molar-refractivity contribution in [3.05, 3.63) is 60.7 Å². The summed E-state index contributed by atoms with van der Waals surface area (Å²) in [7, 11) is -19.0. The first-order valence-electron chi connectivity index (χ1n) is 27.3. The summed E-state index contributed by atoms with van der Waals surface area (Å²) in [5, 5.41) is 23.8. The van der Waals surface area contributed by atoms with E-state index in [2.05, 4.69) is 146 Å². The van der Waals surface area contributed by atoms with Crippen molar-refractivity contribution in [2.75, 3.05) is 85.3 Å². The molecule has 85 heavy (non-hydrogen) atoms. The number of aliphatic hydroxyl groups excluding tert-OH is 1. The summed E-state index contributed by atoms with van der Waals surface area (Å²) in [6.07, 6.45) is -0.225. The van der Waals surface area contributed by atoms with E-state index < -0.39 is 82.2 Å². The van der Waals surface area contributed by atoms with Gasteiger partial charge in [0, 0.05) is 63.9 Å². The summed E-state index contributed by atoms with van der Waals surface area (Å²) >= 11 is 0. The lowest BCUT2D eigenvalue weighted by Crippen LogP contribution is -2.60. The van der Waals surface area contributed by atoms with Gasteiger partial charge in [0.25, 0.3) is 0 Å². The number of hydrogen-bond acceptors (Lipinski definition) is 17. The van der Waals surface area contributed by atoms with Gasteiger partial charge in [-0.15, -0.1) is 0 Å². The van der Waals surface area contributed by atoms with Crippen LogP contribution in [0.3, 0.4) is 0 Å². The molecule has 518 valence electrons. The summed E-state index contributed by atoms with van der Waals surface area (Å²) in [5.74, 6) is 1.68. The van der Waals surface area contributed by atoms with Crippen LogP contribution in [0.15, 0.2) is 60.7 Å². The predicted molar refractivity (Wildman–Crippen MR) is 402 cm³/mol. The zero-order chi connectivity index (χ0) is 57.1. The fraction of sp³-hybridized carbons (Fsp3) is 0.797. The zero-order valence-electron chi connectivity index (χ0n) is 50.4. The van der Waals surface area contributed by atoms with E-state index in [0.29, 0.717) is 32.3 Å². The molecule has 5 atom stereocenters. The van der Waals surface area contributed by atoms with Crippen LogP contribution in [0.1, 0.15) is 74.3 Å². The molecule has 0 amide bonds. The molecule has 0 bridgehead atoms. The molecular formula is C59H150N6O11Si9. The molecule has 3 rings (SSSR count). The van der Waals surface area contributed by atoms with Gasteiger partial charge >= 0.3 is 42.8 Å². The number of hydrogen-bond donors (Lipinski definition) is 7. The molecule has 0 saturated carbocycles. The SMILES string of the molecule is C.C.C.C.C.C.C.C.C.C.C[Si](C)(C)O[Si](C)(C)O[Si](C)(CCNCCN)O[Si](C)(C)C.C[Si](C)(C)O[Si](C)(CCNCCN)O[Si](C)(C)O[Si](C)(CCNCCNCC(O)COc1ccccc1)O[Si](C)(C)C.c1ccc(OCC2CO2)cc1. The lowest BCUT2D eigenvalue weighted by Gasteiger charge is -2.44. The maximum Gasteiger partial charge on any atom is 0.317 e. The Morgan fingerprint density at radius 2 is 0.718 bits per heavy atom. The van der Waals surface area contributed by atoms with Crippen molar-refractivity contribution in [3.8, 4) is 11.5 Å². The highest BCUT2D eigenvalue weighted by atomic mass is 28.5. The second-order valence-electron chi connectivity index (χ2n) is 24.5. The number of nitrogens with two attached hydrogens (primary N) is 2. The first kappa shape index (κ1) is 106. The number of ether oxygens (including phenoxy) is 3. The van der Waals surface area contributed by atoms with E-state index in [0.717, 1.165) is 82.1 Å². The van der Waals surface area contributed by atoms with Gasteiger partial charge in [-0.2, -0.15) is 0 Å². The Bertz CT molecular complexity index is 1790. The lowest BCUT2D eigenvalue weighted by atomic mass is 10.3. The third kappa shape index (κ3) is 60.7. The van der Waals surface area contributed by atoms with Gasteiger partial charge in [0.1, 0.15) is 36.9 Å². The minimum atomic E-state index is -2.58. The quantitative estimate of drug-likeness (QED) is 0.0189. The summed E-state index contributed by atoms with van der Waals surface area (Å²) < 4.78 is 62.9. The number of epoxide rings is 1. The van der Waals surface area contributed by atoms with Crippen LogP contribution in [0.5, 0.6) is 11.5 Å². The van der Waals surface area contributed by atoms with E-state index in [1.807, 2.05) is 60.7 Å². The van der Waals surface area contributed by atoms with Crippen LogP contribution < -0.4 is 42.2 Å². The van der Waals surface area contributed by atoms with Crippen LogP contribution in [0.25, 0.3) is 0 Å². The monoisotopic (exact) mass is 1370 g/mol. The fourth-order valence-corrected chi connectivity index (χ4v) is 49.2. The van der Waals surface area contributed by atoms with Crippen molar-refractivity contribution in [1.82, 2.24) is 21.3 Å². The highest BCUT2D eigenvalue weighted by Crippen LogP contribution is 2.30. The Kier molecular flexibility index (Phi) is 63.6. The summed E-state index contributed by atoms with van der Waals surface area (Å²) in [5.41, 5.74) is 11.2. The molecule has 0 aromatic heterocycles. The van der Waals surface area contributed by atoms with Gasteiger partial charge in [-0.3, -0.25) is 0 Å². The first-order valence-corrected chi connectivity index (χ1v) is 54.1. The molecule has 1 aliphatic heterocycles. The van der Waals surface area contributed by atoms with Gasteiger partial charge in [0.05, 0.1) is 6.61 Å². The van der Waals surface area contributed by atoms with Crippen LogP contribution in [0, 0.1) is 0 Å². The van der Waals surface area contributed by atoms with E-state index >= 15 is 0 Å². The molecule has 1 heterocycles. The normalized spacial score (nSPS) is 15.2. The molecule has 1 aliphatic rings. The highest BCUT2D eigenvalue weighted by molar-refractivity contribution is 6.91. The van der Waals surface area contributed by atoms with E-state index in [1.165, 1.54) is 0 Å². The molecule has 0 aliphatic carbocycles. The Labute approximate surface area is 540 Å². The van der Waals surface area contributed by atoms with Crippen molar-refractivity contribution in [3.63, 3.8) is 0 Å². The minimum absolute atomic E-state index is 0. The van der Waals surface area contributed by atoms with Gasteiger partial charge in [0.15, 0.2) is 33.3 Å². The van der Waals surface area contributed by atoms with Gasteiger partial charge in [-0.1, -0.05) is 111 Å². The van der Waals surface area contributed by atoms with E-state index in [-0.39, 0.29) is 80.9 Å². The fourth-order valence-electron chi connectivity index (χ4n) is 8.26. The topological polar surface area (TPSA) is 216 Å². The van der Waals surface area contributed by atoms with E-state index in [4.69, 9.17) is 54.5 Å². The van der Waals surface area contributed by atoms with Crippen molar-refractivity contribution < 1.29 is 48.1 Å². The molecule has 26 heteroatoms. The van der Waals surface area contributed by atoms with Crippen LogP contribution >= 0.6 is 0 Å². The number of nitrogens with one attached hydrogen (secondary N) is 4. The molecule has 5 unspecified atom stereocenters. The molecule has 1 fully saturated rings. The van der Waals surface area contributed by atoms with E-state index in [9.17, 15) is 5.11 Å². The second-order valence-corrected chi connectivity index (χ2v) is 61.0. The first-order chi connectivity index (χ1) is 34.5. The Morgan fingerprint density at radius 1 is 0.424 bits per heavy atom. The van der Waals surface area contributed by atoms with Crippen molar-refractivity contribution in [2.24, 2.45) is 11.5 Å². The molecule has 0 spiro atoms. The van der Waals surface area contributed by atoms with Gasteiger partial charge in [-0.05, 0) is 168 Å². The number of rotatable bonds is 38. The second kappa shape index (κ2) is 51.0. The van der Waals surface area contributed by atoms with Crippen molar-refractivity contribution in [1.29, 1.82) is 0 Å². The van der Waals surface area contributed by atoms with E-state index in [1.54, 1.807) is 0 Å². The van der Waals surface area contributed by atoms with Crippen molar-refractivity contribution >= 4 is 76.1 Å². The third-order valence-electron chi connectivity index (χ3n) is 10.0. The summed E-state index contributed by atoms with van der Waals surface area (Å²) in [6, 6.07) is 22.0. The Morgan fingerprint density at radius 3 is 1.02 bits per heavy atom. The van der Waals surface area contributed by atoms with Crippen LogP contribution in [-0.4, -0.2) is 179 Å². The van der Waals surface area contributed by atoms with Gasteiger partial charge in [0.2, 0.25) is 0 Å². The molecule has 17 nitrogen and oxygen atoms in total. The van der Waals surface area contributed by atoms with Crippen molar-refractivity contribution in [2.45, 2.75) is 229 Å². The standard InChI is InChI=1S/C27H62N4O6Si5.C13H38N2O3Si4.C9H10O2.10CH4/c1-38(2,3)34-41(9,22-20-29-17-16-28)36-40(7,8)37-42(10,35-39(4,5)6)23-21-30-18-19-31-24-26(32)25-33-27-14-12-11-13-15-27;1-19(2,3)16-21(7,8)18-22(9,17-20(4,5)6)13-12-15-11-10-14;1-2-4-8(5-3-1)10-6-9-7-11-9;;;;;;;;;;/h11-15,26,29-32H,16-25,28H2,1-10H3;15H,10-14H2,1-9H3;1-5,9H,6-7H2;10*1H4.